The van der Waals surface area contributed by atoms with Crippen LogP contribution >= 0.6 is 0 Å². The molecule has 0 aromatic carbocycles. The molecule has 16 heavy (non-hydrogen) atoms. The molecule has 0 unspecified atom stereocenters. The van der Waals surface area contributed by atoms with Gasteiger partial charge in [-0.05, 0) is 20.8 Å². The number of nitrogens with one attached hydrogen (secondary N) is 1. The van der Waals surface area contributed by atoms with E-state index in [1.807, 2.05) is 0 Å². The smallest absolute Gasteiger partial charge is 0.408 e. The van der Waals surface area contributed by atoms with Gasteiger partial charge >= 0.3 is 6.09 Å². The molecule has 0 saturated heterocycles. The van der Waals surface area contributed by atoms with Crippen LogP contribution in [-0.4, -0.2) is 23.0 Å². The van der Waals surface area contributed by atoms with Gasteiger partial charge < -0.3 is 14.5 Å². The summed E-state index contributed by atoms with van der Waals surface area (Å²) in [6, 6.07) is 0. The van der Waals surface area contributed by atoms with E-state index in [1.54, 1.807) is 20.8 Å². The molecule has 1 rings (SSSR count). The van der Waals surface area contributed by atoms with Crippen molar-refractivity contribution in [3.63, 3.8) is 0 Å². The quantitative estimate of drug-likeness (QED) is 0.790. The fraction of sp³-hybridized carbons (Fsp3) is 0.500. The van der Waals surface area contributed by atoms with Crippen molar-refractivity contribution < 1.29 is 18.7 Å². The summed E-state index contributed by atoms with van der Waals surface area (Å²) in [5.74, 6) is 0.306. The molecule has 1 aromatic heterocycles. The van der Waals surface area contributed by atoms with Gasteiger partial charge in [-0.3, -0.25) is 4.79 Å². The number of aromatic nitrogens is 1. The highest BCUT2D eigenvalue weighted by molar-refractivity contribution is 5.73. The molecule has 1 amide bonds. The molecular weight excluding hydrogens is 212 g/mol. The third kappa shape index (κ3) is 3.72. The molecule has 0 aliphatic heterocycles. The maximum absolute atomic E-state index is 11.3. The number of amides is 1. The van der Waals surface area contributed by atoms with Crippen molar-refractivity contribution in [2.75, 3.05) is 0 Å². The second-order valence-corrected chi connectivity index (χ2v) is 4.13. The van der Waals surface area contributed by atoms with Gasteiger partial charge in [-0.1, -0.05) is 0 Å². The third-order valence-electron chi connectivity index (χ3n) is 1.58. The SMILES string of the molecule is CC(C)(C)OC(=O)NCc1ocnc1C=O. The molecule has 0 saturated carbocycles. The molecule has 88 valence electrons. The summed E-state index contributed by atoms with van der Waals surface area (Å²) in [6.45, 7) is 5.36. The lowest BCUT2D eigenvalue weighted by atomic mass is 10.2. The second-order valence-electron chi connectivity index (χ2n) is 4.13. The van der Waals surface area contributed by atoms with Crippen LogP contribution in [0, 0.1) is 0 Å². The summed E-state index contributed by atoms with van der Waals surface area (Å²) in [7, 11) is 0. The van der Waals surface area contributed by atoms with Gasteiger partial charge in [0.15, 0.2) is 18.4 Å². The zero-order chi connectivity index (χ0) is 12.2. The lowest BCUT2D eigenvalue weighted by Crippen LogP contribution is -2.32. The number of carbonyl (C=O) groups is 2. The number of carbonyl (C=O) groups excluding carboxylic acids is 2. The number of nitrogens with zero attached hydrogens (tertiary/aromatic N) is 1. The van der Waals surface area contributed by atoms with Gasteiger partial charge in [-0.25, -0.2) is 9.78 Å². The van der Waals surface area contributed by atoms with E-state index in [-0.39, 0.29) is 12.2 Å². The number of ether oxygens (including phenoxy) is 1. The molecule has 0 spiro atoms. The molecule has 0 radical (unpaired) electrons. The Kier molecular flexibility index (Phi) is 3.65. The lowest BCUT2D eigenvalue weighted by molar-refractivity contribution is 0.0519. The first-order valence-corrected chi connectivity index (χ1v) is 4.77. The molecule has 1 aromatic rings. The highest BCUT2D eigenvalue weighted by Gasteiger charge is 2.16. The zero-order valence-corrected chi connectivity index (χ0v) is 9.44. The predicted octanol–water partition coefficient (Wildman–Crippen LogP) is 1.51. The minimum absolute atomic E-state index is 0.0724. The maximum atomic E-state index is 11.3. The van der Waals surface area contributed by atoms with E-state index in [4.69, 9.17) is 9.15 Å². The second kappa shape index (κ2) is 4.78. The van der Waals surface area contributed by atoms with Crippen LogP contribution in [0.15, 0.2) is 10.8 Å². The largest absolute Gasteiger partial charge is 0.446 e. The van der Waals surface area contributed by atoms with Crippen LogP contribution < -0.4 is 5.32 Å². The Morgan fingerprint density at radius 2 is 2.31 bits per heavy atom. The fourth-order valence-electron chi connectivity index (χ4n) is 0.974. The Balaban J connectivity index is 2.46. The summed E-state index contributed by atoms with van der Waals surface area (Å²) in [6.07, 6.45) is 1.14. The topological polar surface area (TPSA) is 81.4 Å². The van der Waals surface area contributed by atoms with E-state index in [0.717, 1.165) is 6.39 Å². The minimum atomic E-state index is -0.569. The first-order chi connectivity index (χ1) is 7.42. The van der Waals surface area contributed by atoms with Gasteiger partial charge in [0.2, 0.25) is 0 Å². The summed E-state index contributed by atoms with van der Waals surface area (Å²) >= 11 is 0. The van der Waals surface area contributed by atoms with E-state index in [1.165, 1.54) is 0 Å². The van der Waals surface area contributed by atoms with Crippen LogP contribution in [0.3, 0.4) is 0 Å². The first kappa shape index (κ1) is 12.2. The van der Waals surface area contributed by atoms with E-state index in [0.29, 0.717) is 12.0 Å². The van der Waals surface area contributed by atoms with E-state index >= 15 is 0 Å². The molecule has 0 atom stereocenters. The van der Waals surface area contributed by atoms with Gasteiger partial charge in [0.25, 0.3) is 0 Å². The lowest BCUT2D eigenvalue weighted by Gasteiger charge is -2.19. The van der Waals surface area contributed by atoms with Crippen molar-refractivity contribution in [1.82, 2.24) is 10.3 Å². The van der Waals surface area contributed by atoms with Gasteiger partial charge in [-0.2, -0.15) is 0 Å². The maximum Gasteiger partial charge on any atom is 0.408 e. The number of alkyl carbamates (subject to hydrolysis) is 1. The number of hydrogen-bond donors (Lipinski definition) is 1. The molecule has 0 fully saturated rings. The van der Waals surface area contributed by atoms with E-state index < -0.39 is 11.7 Å². The van der Waals surface area contributed by atoms with Crippen molar-refractivity contribution in [3.8, 4) is 0 Å². The van der Waals surface area contributed by atoms with Gasteiger partial charge in [-0.15, -0.1) is 0 Å². The Labute approximate surface area is 93.0 Å². The van der Waals surface area contributed by atoms with Crippen molar-refractivity contribution in [1.29, 1.82) is 0 Å². The van der Waals surface area contributed by atoms with E-state index in [9.17, 15) is 9.59 Å². The molecule has 0 aliphatic carbocycles. The molecule has 1 heterocycles. The first-order valence-electron chi connectivity index (χ1n) is 4.77. The van der Waals surface area contributed by atoms with Crippen LogP contribution in [0.4, 0.5) is 4.79 Å². The molecular formula is C10H14N2O4. The van der Waals surface area contributed by atoms with Crippen LogP contribution in [0.2, 0.25) is 0 Å². The molecule has 6 heteroatoms. The normalized spacial score (nSPS) is 10.9. The third-order valence-corrected chi connectivity index (χ3v) is 1.58. The fourth-order valence-corrected chi connectivity index (χ4v) is 0.974. The number of oxazole rings is 1. The summed E-state index contributed by atoms with van der Waals surface area (Å²) < 4.78 is 9.93. The molecule has 1 N–H and O–H groups in total. The standard InChI is InChI=1S/C10H14N2O4/c1-10(2,3)16-9(14)11-4-8-7(5-13)12-6-15-8/h5-6H,4H2,1-3H3,(H,11,14). The Morgan fingerprint density at radius 3 is 2.88 bits per heavy atom. The highest BCUT2D eigenvalue weighted by Crippen LogP contribution is 2.08. The van der Waals surface area contributed by atoms with Crippen molar-refractivity contribution in [3.05, 3.63) is 17.8 Å². The van der Waals surface area contributed by atoms with Gasteiger partial charge in [0.1, 0.15) is 11.3 Å². The summed E-state index contributed by atoms with van der Waals surface area (Å²) in [4.78, 5) is 25.4. The average molecular weight is 226 g/mol. The molecule has 0 bridgehead atoms. The Hall–Kier alpha value is -1.85. The number of rotatable bonds is 3. The average Bonchev–Trinajstić information content (AvgIpc) is 2.59. The van der Waals surface area contributed by atoms with Crippen LogP contribution in [0.5, 0.6) is 0 Å². The number of hydrogen-bond acceptors (Lipinski definition) is 5. The summed E-state index contributed by atoms with van der Waals surface area (Å²) in [5.41, 5.74) is -0.380. The molecule has 6 nitrogen and oxygen atoms in total. The highest BCUT2D eigenvalue weighted by atomic mass is 16.6. The monoisotopic (exact) mass is 226 g/mol. The van der Waals surface area contributed by atoms with Crippen LogP contribution in [-0.2, 0) is 11.3 Å². The minimum Gasteiger partial charge on any atom is -0.446 e. The van der Waals surface area contributed by atoms with Crippen LogP contribution in [0.1, 0.15) is 37.0 Å². The zero-order valence-electron chi connectivity index (χ0n) is 9.44. The van der Waals surface area contributed by atoms with Crippen molar-refractivity contribution in [2.45, 2.75) is 32.9 Å². The summed E-state index contributed by atoms with van der Waals surface area (Å²) in [5, 5.41) is 2.46. The Bertz CT molecular complexity index is 378. The molecule has 0 aliphatic rings. The van der Waals surface area contributed by atoms with Gasteiger partial charge in [0.05, 0.1) is 6.54 Å². The van der Waals surface area contributed by atoms with Gasteiger partial charge in [0, 0.05) is 0 Å². The number of aldehydes is 1. The van der Waals surface area contributed by atoms with Crippen LogP contribution in [0.25, 0.3) is 0 Å². The predicted molar refractivity (Wildman–Crippen MR) is 55.0 cm³/mol. The Morgan fingerprint density at radius 1 is 1.62 bits per heavy atom. The van der Waals surface area contributed by atoms with Crippen molar-refractivity contribution in [2.24, 2.45) is 0 Å². The van der Waals surface area contributed by atoms with E-state index in [2.05, 4.69) is 10.3 Å². The van der Waals surface area contributed by atoms with Crippen molar-refractivity contribution >= 4 is 12.4 Å².